The number of sulfonamides is 1. The van der Waals surface area contributed by atoms with Crippen LogP contribution in [0.5, 0.6) is 17.2 Å². The third-order valence-electron chi connectivity index (χ3n) is 4.33. The number of rotatable bonds is 9. The van der Waals surface area contributed by atoms with Crippen molar-refractivity contribution in [2.24, 2.45) is 0 Å². The molecule has 0 aromatic heterocycles. The SMILES string of the molecule is COc1cc(C(C)NC(=O)c2cccc(S(=O)(=O)NC(C)C)c2)cc(OC)c1OC. The van der Waals surface area contributed by atoms with Gasteiger partial charge < -0.3 is 19.5 Å². The van der Waals surface area contributed by atoms with Gasteiger partial charge >= 0.3 is 0 Å². The lowest BCUT2D eigenvalue weighted by Gasteiger charge is -2.19. The Balaban J connectivity index is 2.27. The minimum atomic E-state index is -3.70. The molecule has 2 aromatic rings. The van der Waals surface area contributed by atoms with Crippen molar-refractivity contribution >= 4 is 15.9 Å². The van der Waals surface area contributed by atoms with Gasteiger partial charge in [0, 0.05) is 11.6 Å². The molecule has 0 radical (unpaired) electrons. The molecule has 2 rings (SSSR count). The van der Waals surface area contributed by atoms with Gasteiger partial charge in [-0.25, -0.2) is 13.1 Å². The Hall–Kier alpha value is -2.78. The van der Waals surface area contributed by atoms with E-state index in [1.165, 1.54) is 39.5 Å². The van der Waals surface area contributed by atoms with Crippen LogP contribution in [0.25, 0.3) is 0 Å². The predicted octanol–water partition coefficient (Wildman–Crippen LogP) is 2.89. The fraction of sp³-hybridized carbons (Fsp3) is 0.381. The van der Waals surface area contributed by atoms with Crippen LogP contribution in [0.15, 0.2) is 41.3 Å². The third kappa shape index (κ3) is 5.43. The van der Waals surface area contributed by atoms with Gasteiger partial charge in [0.25, 0.3) is 5.91 Å². The molecule has 0 saturated carbocycles. The van der Waals surface area contributed by atoms with Crippen molar-refractivity contribution in [2.45, 2.75) is 37.8 Å². The number of nitrogens with one attached hydrogen (secondary N) is 2. The molecule has 30 heavy (non-hydrogen) atoms. The largest absolute Gasteiger partial charge is 0.493 e. The molecule has 0 aliphatic heterocycles. The Morgan fingerprint density at radius 2 is 1.53 bits per heavy atom. The molecule has 1 atom stereocenters. The number of hydrogen-bond acceptors (Lipinski definition) is 6. The molecule has 0 saturated heterocycles. The maximum absolute atomic E-state index is 12.7. The molecule has 2 N–H and O–H groups in total. The standard InChI is InChI=1S/C21H28N2O6S/c1-13(2)23-30(25,26)17-9-7-8-15(10-17)21(24)22-14(3)16-11-18(27-4)20(29-6)19(12-16)28-5/h7-14,23H,1-6H3,(H,22,24). The summed E-state index contributed by atoms with van der Waals surface area (Å²) in [6.07, 6.45) is 0. The molecule has 0 aliphatic carbocycles. The first-order chi connectivity index (χ1) is 14.1. The summed E-state index contributed by atoms with van der Waals surface area (Å²) in [5.74, 6) is 0.997. The van der Waals surface area contributed by atoms with E-state index in [1.54, 1.807) is 39.0 Å². The lowest BCUT2D eigenvalue weighted by atomic mass is 10.1. The molecule has 9 heteroatoms. The molecule has 8 nitrogen and oxygen atoms in total. The van der Waals surface area contributed by atoms with Crippen molar-refractivity contribution in [3.05, 3.63) is 47.5 Å². The molecule has 0 bridgehead atoms. The molecule has 2 aromatic carbocycles. The first-order valence-corrected chi connectivity index (χ1v) is 10.8. The van der Waals surface area contributed by atoms with Gasteiger partial charge in [0.2, 0.25) is 15.8 Å². The van der Waals surface area contributed by atoms with E-state index in [1.807, 2.05) is 0 Å². The number of ether oxygens (including phenoxy) is 3. The normalized spacial score (nSPS) is 12.4. The zero-order chi connectivity index (χ0) is 22.5. The van der Waals surface area contributed by atoms with E-state index in [0.29, 0.717) is 17.2 Å². The molecule has 1 amide bonds. The monoisotopic (exact) mass is 436 g/mol. The summed E-state index contributed by atoms with van der Waals surface area (Å²) in [6.45, 7) is 5.26. The summed E-state index contributed by atoms with van der Waals surface area (Å²) in [6, 6.07) is 8.73. The van der Waals surface area contributed by atoms with Gasteiger partial charge in [-0.2, -0.15) is 0 Å². The molecule has 1 unspecified atom stereocenters. The number of methoxy groups -OCH3 is 3. The summed E-state index contributed by atoms with van der Waals surface area (Å²) >= 11 is 0. The minimum absolute atomic E-state index is 0.0317. The van der Waals surface area contributed by atoms with E-state index in [0.717, 1.165) is 5.56 Å². The Bertz CT molecular complexity index is 979. The number of amides is 1. The molecular weight excluding hydrogens is 408 g/mol. The zero-order valence-electron chi connectivity index (χ0n) is 18.0. The molecular formula is C21H28N2O6S. The Morgan fingerprint density at radius 1 is 0.933 bits per heavy atom. The van der Waals surface area contributed by atoms with Gasteiger partial charge in [-0.15, -0.1) is 0 Å². The maximum Gasteiger partial charge on any atom is 0.251 e. The third-order valence-corrected chi connectivity index (χ3v) is 5.99. The molecule has 0 fully saturated rings. The van der Waals surface area contributed by atoms with Crippen molar-refractivity contribution in [2.75, 3.05) is 21.3 Å². The predicted molar refractivity (Wildman–Crippen MR) is 114 cm³/mol. The second-order valence-corrected chi connectivity index (χ2v) is 8.67. The topological polar surface area (TPSA) is 103 Å². The fourth-order valence-corrected chi connectivity index (χ4v) is 4.19. The van der Waals surface area contributed by atoms with Crippen molar-refractivity contribution < 1.29 is 27.4 Å². The molecule has 0 aliphatic rings. The van der Waals surface area contributed by atoms with Crippen LogP contribution in [0.3, 0.4) is 0 Å². The summed E-state index contributed by atoms with van der Waals surface area (Å²) in [5, 5.41) is 2.87. The zero-order valence-corrected chi connectivity index (χ0v) is 18.8. The second-order valence-electron chi connectivity index (χ2n) is 6.96. The molecule has 164 valence electrons. The first kappa shape index (κ1) is 23.5. The van der Waals surface area contributed by atoms with E-state index in [-0.39, 0.29) is 16.5 Å². The van der Waals surface area contributed by atoms with Gasteiger partial charge in [0.1, 0.15) is 0 Å². The van der Waals surface area contributed by atoms with Crippen LogP contribution in [-0.2, 0) is 10.0 Å². The van der Waals surface area contributed by atoms with Crippen LogP contribution in [0.1, 0.15) is 42.7 Å². The highest BCUT2D eigenvalue weighted by Gasteiger charge is 2.20. The summed E-state index contributed by atoms with van der Waals surface area (Å²) in [4.78, 5) is 12.8. The smallest absolute Gasteiger partial charge is 0.251 e. The number of carbonyl (C=O) groups excluding carboxylic acids is 1. The number of hydrogen-bond donors (Lipinski definition) is 2. The Labute approximate surface area is 177 Å². The van der Waals surface area contributed by atoms with Crippen LogP contribution in [0.2, 0.25) is 0 Å². The summed E-state index contributed by atoms with van der Waals surface area (Å²) in [5.41, 5.74) is 0.976. The second kappa shape index (κ2) is 9.82. The van der Waals surface area contributed by atoms with Crippen LogP contribution in [0.4, 0.5) is 0 Å². The quantitative estimate of drug-likeness (QED) is 0.627. The maximum atomic E-state index is 12.7. The highest BCUT2D eigenvalue weighted by molar-refractivity contribution is 7.89. The van der Waals surface area contributed by atoms with Gasteiger partial charge in [0.05, 0.1) is 32.3 Å². The van der Waals surface area contributed by atoms with Crippen molar-refractivity contribution in [1.82, 2.24) is 10.0 Å². The van der Waals surface area contributed by atoms with E-state index in [4.69, 9.17) is 14.2 Å². The lowest BCUT2D eigenvalue weighted by molar-refractivity contribution is 0.0939. The van der Waals surface area contributed by atoms with Gasteiger partial charge in [-0.05, 0) is 56.7 Å². The van der Waals surface area contributed by atoms with Gasteiger partial charge in [0.15, 0.2) is 11.5 Å². The average Bonchev–Trinajstić information content (AvgIpc) is 2.71. The van der Waals surface area contributed by atoms with Crippen molar-refractivity contribution in [3.63, 3.8) is 0 Å². The van der Waals surface area contributed by atoms with Crippen LogP contribution < -0.4 is 24.2 Å². The van der Waals surface area contributed by atoms with Crippen molar-refractivity contribution in [3.8, 4) is 17.2 Å². The minimum Gasteiger partial charge on any atom is -0.493 e. The number of benzene rings is 2. The van der Waals surface area contributed by atoms with E-state index in [2.05, 4.69) is 10.0 Å². The van der Waals surface area contributed by atoms with Gasteiger partial charge in [-0.3, -0.25) is 4.79 Å². The van der Waals surface area contributed by atoms with Crippen LogP contribution >= 0.6 is 0 Å². The van der Waals surface area contributed by atoms with Crippen LogP contribution in [-0.4, -0.2) is 41.7 Å². The van der Waals surface area contributed by atoms with E-state index >= 15 is 0 Å². The van der Waals surface area contributed by atoms with Crippen LogP contribution in [0, 0.1) is 0 Å². The van der Waals surface area contributed by atoms with Gasteiger partial charge in [-0.1, -0.05) is 6.07 Å². The molecule has 0 heterocycles. The number of carbonyl (C=O) groups is 1. The summed E-state index contributed by atoms with van der Waals surface area (Å²) < 4.78 is 43.3. The lowest BCUT2D eigenvalue weighted by Crippen LogP contribution is -2.31. The average molecular weight is 437 g/mol. The molecule has 0 spiro atoms. The summed E-state index contributed by atoms with van der Waals surface area (Å²) in [7, 11) is 0.846. The first-order valence-electron chi connectivity index (χ1n) is 9.36. The Kier molecular flexibility index (Phi) is 7.69. The fourth-order valence-electron chi connectivity index (χ4n) is 2.90. The highest BCUT2D eigenvalue weighted by atomic mass is 32.2. The van der Waals surface area contributed by atoms with Crippen molar-refractivity contribution in [1.29, 1.82) is 0 Å². The Morgan fingerprint density at radius 3 is 2.03 bits per heavy atom. The van der Waals surface area contributed by atoms with E-state index < -0.39 is 22.0 Å². The highest BCUT2D eigenvalue weighted by Crippen LogP contribution is 2.39. The van der Waals surface area contributed by atoms with E-state index in [9.17, 15) is 13.2 Å².